The van der Waals surface area contributed by atoms with Crippen molar-refractivity contribution in [3.8, 4) is 5.75 Å². The number of hydrogen-bond acceptors (Lipinski definition) is 3. The minimum Gasteiger partial charge on any atom is -0.495 e. The van der Waals surface area contributed by atoms with E-state index in [0.29, 0.717) is 24.4 Å². The van der Waals surface area contributed by atoms with Gasteiger partial charge in [-0.15, -0.1) is 0 Å². The zero-order valence-electron chi connectivity index (χ0n) is 12.1. The van der Waals surface area contributed by atoms with Gasteiger partial charge in [0.2, 0.25) is 0 Å². The van der Waals surface area contributed by atoms with Crippen LogP contribution < -0.4 is 9.04 Å². The molecule has 0 aromatic heterocycles. The summed E-state index contributed by atoms with van der Waals surface area (Å²) >= 11 is 0. The number of benzene rings is 2. The predicted molar refractivity (Wildman–Crippen MR) is 82.2 cm³/mol. The van der Waals surface area contributed by atoms with E-state index in [1.165, 1.54) is 29.6 Å². The van der Waals surface area contributed by atoms with Crippen molar-refractivity contribution in [1.29, 1.82) is 0 Å². The highest BCUT2D eigenvalue weighted by molar-refractivity contribution is 7.92. The number of fused-ring (bicyclic) bond motifs is 1. The SMILES string of the molecule is COc1cccc2c1N(S(=O)(=O)c1cccc(F)c1)CCC2. The number of halogens is 1. The number of methoxy groups -OCH3 is 1. The molecule has 0 radical (unpaired) electrons. The highest BCUT2D eigenvalue weighted by Crippen LogP contribution is 2.39. The monoisotopic (exact) mass is 321 g/mol. The van der Waals surface area contributed by atoms with Crippen molar-refractivity contribution in [2.24, 2.45) is 0 Å². The lowest BCUT2D eigenvalue weighted by atomic mass is 10.0. The fraction of sp³-hybridized carbons (Fsp3) is 0.250. The van der Waals surface area contributed by atoms with E-state index in [9.17, 15) is 12.8 Å². The van der Waals surface area contributed by atoms with Gasteiger partial charge in [0.1, 0.15) is 11.6 Å². The number of rotatable bonds is 3. The topological polar surface area (TPSA) is 46.6 Å². The van der Waals surface area contributed by atoms with Gasteiger partial charge in [-0.25, -0.2) is 12.8 Å². The molecule has 116 valence electrons. The third-order valence-corrected chi connectivity index (χ3v) is 5.54. The summed E-state index contributed by atoms with van der Waals surface area (Å²) in [5, 5.41) is 0. The number of hydrogen-bond donors (Lipinski definition) is 0. The lowest BCUT2D eigenvalue weighted by Gasteiger charge is -2.31. The van der Waals surface area contributed by atoms with Crippen molar-refractivity contribution in [3.63, 3.8) is 0 Å². The number of anilines is 1. The fourth-order valence-corrected chi connectivity index (χ4v) is 4.32. The molecule has 1 aliphatic rings. The first kappa shape index (κ1) is 14.8. The molecule has 22 heavy (non-hydrogen) atoms. The van der Waals surface area contributed by atoms with Gasteiger partial charge in [-0.2, -0.15) is 0 Å². The summed E-state index contributed by atoms with van der Waals surface area (Å²) in [5.41, 5.74) is 1.48. The van der Waals surface area contributed by atoms with Crippen LogP contribution in [0.1, 0.15) is 12.0 Å². The van der Waals surface area contributed by atoms with Crippen LogP contribution in [0, 0.1) is 5.82 Å². The molecule has 3 rings (SSSR count). The second kappa shape index (κ2) is 5.61. The molecule has 6 heteroatoms. The Kier molecular flexibility index (Phi) is 3.78. The highest BCUT2D eigenvalue weighted by atomic mass is 32.2. The number of aryl methyl sites for hydroxylation is 1. The number of nitrogens with zero attached hydrogens (tertiary/aromatic N) is 1. The molecule has 0 spiro atoms. The minimum atomic E-state index is -3.82. The molecular formula is C16H16FNO3S. The molecule has 0 saturated carbocycles. The Hall–Kier alpha value is -2.08. The molecule has 2 aromatic carbocycles. The summed E-state index contributed by atoms with van der Waals surface area (Å²) in [6.07, 6.45) is 1.51. The van der Waals surface area contributed by atoms with Crippen molar-refractivity contribution < 1.29 is 17.5 Å². The van der Waals surface area contributed by atoms with Crippen LogP contribution in [0.3, 0.4) is 0 Å². The van der Waals surface area contributed by atoms with Crippen molar-refractivity contribution in [3.05, 3.63) is 53.8 Å². The summed E-state index contributed by atoms with van der Waals surface area (Å²) in [4.78, 5) is -0.0498. The Morgan fingerprint density at radius 2 is 1.95 bits per heavy atom. The van der Waals surface area contributed by atoms with Gasteiger partial charge in [-0.05, 0) is 42.7 Å². The molecule has 0 atom stereocenters. The van der Waals surface area contributed by atoms with Crippen LogP contribution in [-0.2, 0) is 16.4 Å². The van der Waals surface area contributed by atoms with E-state index in [1.54, 1.807) is 6.07 Å². The summed E-state index contributed by atoms with van der Waals surface area (Å²) < 4.78 is 45.8. The standard InChI is InChI=1S/C16H16FNO3S/c1-21-15-9-2-5-12-6-4-10-18(16(12)15)22(19,20)14-8-3-7-13(17)11-14/h2-3,5,7-9,11H,4,6,10H2,1H3. The Morgan fingerprint density at radius 3 is 2.68 bits per heavy atom. The molecular weight excluding hydrogens is 305 g/mol. The maximum Gasteiger partial charge on any atom is 0.264 e. The van der Waals surface area contributed by atoms with Gasteiger partial charge < -0.3 is 4.74 Å². The van der Waals surface area contributed by atoms with Gasteiger partial charge in [-0.1, -0.05) is 18.2 Å². The summed E-state index contributed by atoms with van der Waals surface area (Å²) in [5.74, 6) is -0.0597. The molecule has 0 saturated heterocycles. The molecule has 0 bridgehead atoms. The van der Waals surface area contributed by atoms with Crippen LogP contribution in [0.5, 0.6) is 5.75 Å². The van der Waals surface area contributed by atoms with E-state index in [1.807, 2.05) is 12.1 Å². The van der Waals surface area contributed by atoms with E-state index in [-0.39, 0.29) is 4.90 Å². The Labute approximate surface area is 129 Å². The predicted octanol–water partition coefficient (Wildman–Crippen LogP) is 2.98. The first-order valence-electron chi connectivity index (χ1n) is 6.98. The van der Waals surface area contributed by atoms with Crippen molar-refractivity contribution >= 4 is 15.7 Å². The molecule has 0 fully saturated rings. The normalized spacial score (nSPS) is 14.5. The molecule has 2 aromatic rings. The van der Waals surface area contributed by atoms with Crippen LogP contribution in [0.2, 0.25) is 0 Å². The molecule has 0 aliphatic carbocycles. The van der Waals surface area contributed by atoms with Crippen LogP contribution in [0.4, 0.5) is 10.1 Å². The Bertz CT molecular complexity index is 791. The van der Waals surface area contributed by atoms with Gasteiger partial charge in [-0.3, -0.25) is 4.31 Å². The van der Waals surface area contributed by atoms with Crippen molar-refractivity contribution in [1.82, 2.24) is 0 Å². The fourth-order valence-electron chi connectivity index (χ4n) is 2.74. The zero-order valence-corrected chi connectivity index (χ0v) is 12.9. The maximum atomic E-state index is 13.4. The molecule has 4 nitrogen and oxygen atoms in total. The third-order valence-electron chi connectivity index (χ3n) is 3.74. The van der Waals surface area contributed by atoms with Crippen molar-refractivity contribution in [2.75, 3.05) is 18.0 Å². The van der Waals surface area contributed by atoms with Crippen LogP contribution >= 0.6 is 0 Å². The number of para-hydroxylation sites is 1. The average molecular weight is 321 g/mol. The van der Waals surface area contributed by atoms with Crippen molar-refractivity contribution in [2.45, 2.75) is 17.7 Å². The quantitative estimate of drug-likeness (QED) is 0.873. The zero-order chi connectivity index (χ0) is 15.7. The van der Waals surface area contributed by atoms with E-state index >= 15 is 0 Å². The molecule has 0 N–H and O–H groups in total. The molecule has 1 heterocycles. The van der Waals surface area contributed by atoms with E-state index < -0.39 is 15.8 Å². The molecule has 0 unspecified atom stereocenters. The molecule has 0 amide bonds. The summed E-state index contributed by atoms with van der Waals surface area (Å²) in [7, 11) is -2.31. The first-order chi connectivity index (χ1) is 10.5. The summed E-state index contributed by atoms with van der Waals surface area (Å²) in [6.45, 7) is 0.353. The van der Waals surface area contributed by atoms with Crippen LogP contribution in [-0.4, -0.2) is 22.1 Å². The van der Waals surface area contributed by atoms with E-state index in [0.717, 1.165) is 18.1 Å². The maximum absolute atomic E-state index is 13.4. The lowest BCUT2D eigenvalue weighted by molar-refractivity contribution is 0.414. The minimum absolute atomic E-state index is 0.0498. The second-order valence-corrected chi connectivity index (χ2v) is 6.97. The first-order valence-corrected chi connectivity index (χ1v) is 8.42. The van der Waals surface area contributed by atoms with Gasteiger partial charge in [0.25, 0.3) is 10.0 Å². The van der Waals surface area contributed by atoms with Gasteiger partial charge in [0, 0.05) is 6.54 Å². The molecule has 1 aliphatic heterocycles. The van der Waals surface area contributed by atoms with E-state index in [2.05, 4.69) is 0 Å². The van der Waals surface area contributed by atoms with E-state index in [4.69, 9.17) is 4.74 Å². The second-order valence-electron chi connectivity index (χ2n) is 5.11. The number of sulfonamides is 1. The highest BCUT2D eigenvalue weighted by Gasteiger charge is 2.31. The summed E-state index contributed by atoms with van der Waals surface area (Å²) in [6, 6.07) is 10.5. The van der Waals surface area contributed by atoms with Gasteiger partial charge in [0.15, 0.2) is 0 Å². The van der Waals surface area contributed by atoms with Crippen LogP contribution in [0.15, 0.2) is 47.4 Å². The third kappa shape index (κ3) is 2.43. The van der Waals surface area contributed by atoms with Crippen LogP contribution in [0.25, 0.3) is 0 Å². The van der Waals surface area contributed by atoms with Gasteiger partial charge >= 0.3 is 0 Å². The Morgan fingerprint density at radius 1 is 1.18 bits per heavy atom. The smallest absolute Gasteiger partial charge is 0.264 e. The average Bonchev–Trinajstić information content (AvgIpc) is 2.53. The Balaban J connectivity index is 2.15. The lowest BCUT2D eigenvalue weighted by Crippen LogP contribution is -2.35. The largest absolute Gasteiger partial charge is 0.495 e. The van der Waals surface area contributed by atoms with Gasteiger partial charge in [0.05, 0.1) is 17.7 Å². The number of ether oxygens (including phenoxy) is 1.